The molecule has 1 aromatic carbocycles. The normalized spacial score (nSPS) is 14.1. The first-order valence-electron chi connectivity index (χ1n) is 6.57. The van der Waals surface area contributed by atoms with Crippen LogP contribution in [0.4, 0.5) is 0 Å². The summed E-state index contributed by atoms with van der Waals surface area (Å²) in [7, 11) is 1.63. The second-order valence-corrected chi connectivity index (χ2v) is 5.25. The van der Waals surface area contributed by atoms with E-state index in [2.05, 4.69) is 5.32 Å². The minimum atomic E-state index is -0.488. The maximum atomic E-state index is 12.0. The Balaban J connectivity index is 2.86. The zero-order valence-electron chi connectivity index (χ0n) is 12.4. The predicted octanol–water partition coefficient (Wildman–Crippen LogP) is 2.16. The van der Waals surface area contributed by atoms with E-state index in [0.29, 0.717) is 0 Å². The largest absolute Gasteiger partial charge is 0.496 e. The number of rotatable bonds is 5. The molecule has 1 amide bonds. The number of methoxy groups -OCH3 is 1. The number of amides is 1. The molecule has 0 saturated heterocycles. The second-order valence-electron chi connectivity index (χ2n) is 5.25. The lowest BCUT2D eigenvalue weighted by molar-refractivity contribution is -0.123. The van der Waals surface area contributed by atoms with Gasteiger partial charge >= 0.3 is 0 Å². The zero-order chi connectivity index (χ0) is 14.6. The molecule has 2 unspecified atom stereocenters. The van der Waals surface area contributed by atoms with E-state index in [4.69, 9.17) is 10.5 Å². The molecule has 1 rings (SSSR count). The Morgan fingerprint density at radius 2 is 1.95 bits per heavy atom. The molecule has 0 saturated carbocycles. The lowest BCUT2D eigenvalue weighted by atomic mass is 10.0. The van der Waals surface area contributed by atoms with E-state index in [0.717, 1.165) is 16.9 Å². The Morgan fingerprint density at radius 3 is 2.47 bits per heavy atom. The van der Waals surface area contributed by atoms with Gasteiger partial charge in [-0.3, -0.25) is 4.79 Å². The Labute approximate surface area is 115 Å². The molecule has 4 nitrogen and oxygen atoms in total. The first-order chi connectivity index (χ1) is 8.86. The van der Waals surface area contributed by atoms with Crippen molar-refractivity contribution in [3.05, 3.63) is 29.3 Å². The maximum Gasteiger partial charge on any atom is 0.237 e. The van der Waals surface area contributed by atoms with Gasteiger partial charge in [0.1, 0.15) is 5.75 Å². The number of carbonyl (C=O) groups excluding carboxylic acids is 1. The van der Waals surface area contributed by atoms with Crippen LogP contribution in [0, 0.1) is 12.8 Å². The molecule has 0 aliphatic carbocycles. The third-order valence-electron chi connectivity index (χ3n) is 3.23. The molecule has 0 radical (unpaired) electrons. The Bertz CT molecular complexity index is 444. The lowest BCUT2D eigenvalue weighted by Crippen LogP contribution is -2.44. The standard InChI is InChI=1S/C15H24N2O2/c1-9(2)14(16)15(18)17-11(4)12-8-10(3)6-7-13(12)19-5/h6-9,11,14H,16H2,1-5H3,(H,17,18). The van der Waals surface area contributed by atoms with Crippen molar-refractivity contribution >= 4 is 5.91 Å². The smallest absolute Gasteiger partial charge is 0.237 e. The molecule has 0 heterocycles. The number of nitrogens with one attached hydrogen (secondary N) is 1. The Kier molecular flexibility index (Phi) is 5.36. The van der Waals surface area contributed by atoms with Crippen LogP contribution in [0.15, 0.2) is 18.2 Å². The highest BCUT2D eigenvalue weighted by molar-refractivity contribution is 5.82. The van der Waals surface area contributed by atoms with Crippen LogP contribution < -0.4 is 15.8 Å². The molecule has 4 heteroatoms. The number of benzene rings is 1. The van der Waals surface area contributed by atoms with Gasteiger partial charge in [-0.1, -0.05) is 31.5 Å². The fraction of sp³-hybridized carbons (Fsp3) is 0.533. The number of ether oxygens (including phenoxy) is 1. The van der Waals surface area contributed by atoms with Crippen molar-refractivity contribution in [2.45, 2.75) is 39.8 Å². The third kappa shape index (κ3) is 3.96. The van der Waals surface area contributed by atoms with Crippen LogP contribution in [0.25, 0.3) is 0 Å². The summed E-state index contributed by atoms with van der Waals surface area (Å²) < 4.78 is 5.33. The highest BCUT2D eigenvalue weighted by Crippen LogP contribution is 2.26. The number of nitrogens with two attached hydrogens (primary N) is 1. The summed E-state index contributed by atoms with van der Waals surface area (Å²) in [5.41, 5.74) is 7.94. The van der Waals surface area contributed by atoms with Gasteiger partial charge in [0.05, 0.1) is 19.2 Å². The van der Waals surface area contributed by atoms with E-state index in [1.165, 1.54) is 0 Å². The Morgan fingerprint density at radius 1 is 1.32 bits per heavy atom. The highest BCUT2D eigenvalue weighted by atomic mass is 16.5. The molecule has 0 bridgehead atoms. The van der Waals surface area contributed by atoms with Crippen LogP contribution in [0.1, 0.15) is 37.9 Å². The molecule has 0 aromatic heterocycles. The van der Waals surface area contributed by atoms with Crippen LogP contribution in [0.5, 0.6) is 5.75 Å². The maximum absolute atomic E-state index is 12.0. The zero-order valence-corrected chi connectivity index (χ0v) is 12.4. The quantitative estimate of drug-likeness (QED) is 0.856. The average molecular weight is 264 g/mol. The fourth-order valence-electron chi connectivity index (χ4n) is 1.88. The molecular formula is C15H24N2O2. The summed E-state index contributed by atoms with van der Waals surface area (Å²) in [6.45, 7) is 7.81. The van der Waals surface area contributed by atoms with Gasteiger partial charge in [0, 0.05) is 5.56 Å². The molecule has 0 aliphatic rings. The van der Waals surface area contributed by atoms with Crippen LogP contribution in [0.3, 0.4) is 0 Å². The SMILES string of the molecule is COc1ccc(C)cc1C(C)NC(=O)C(N)C(C)C. The summed E-state index contributed by atoms with van der Waals surface area (Å²) >= 11 is 0. The summed E-state index contributed by atoms with van der Waals surface area (Å²) in [5, 5.41) is 2.94. The predicted molar refractivity (Wildman–Crippen MR) is 77.1 cm³/mol. The van der Waals surface area contributed by atoms with Crippen LogP contribution in [0.2, 0.25) is 0 Å². The molecule has 106 valence electrons. The van der Waals surface area contributed by atoms with E-state index < -0.39 is 6.04 Å². The summed E-state index contributed by atoms with van der Waals surface area (Å²) in [4.78, 5) is 12.0. The van der Waals surface area contributed by atoms with Gasteiger partial charge in [0.25, 0.3) is 0 Å². The summed E-state index contributed by atoms with van der Waals surface area (Å²) in [6.07, 6.45) is 0. The van der Waals surface area contributed by atoms with Crippen molar-refractivity contribution in [1.82, 2.24) is 5.32 Å². The lowest BCUT2D eigenvalue weighted by Gasteiger charge is -2.21. The van der Waals surface area contributed by atoms with Crippen molar-refractivity contribution in [2.75, 3.05) is 7.11 Å². The second kappa shape index (κ2) is 6.57. The van der Waals surface area contributed by atoms with Gasteiger partial charge in [-0.15, -0.1) is 0 Å². The highest BCUT2D eigenvalue weighted by Gasteiger charge is 2.20. The fourth-order valence-corrected chi connectivity index (χ4v) is 1.88. The molecule has 2 atom stereocenters. The van der Waals surface area contributed by atoms with Crippen molar-refractivity contribution in [3.8, 4) is 5.75 Å². The Hall–Kier alpha value is -1.55. The van der Waals surface area contributed by atoms with Gasteiger partial charge in [0.2, 0.25) is 5.91 Å². The summed E-state index contributed by atoms with van der Waals surface area (Å²) in [6, 6.07) is 5.29. The van der Waals surface area contributed by atoms with Crippen molar-refractivity contribution < 1.29 is 9.53 Å². The van der Waals surface area contributed by atoms with Crippen molar-refractivity contribution in [2.24, 2.45) is 11.7 Å². The molecule has 0 spiro atoms. The first-order valence-corrected chi connectivity index (χ1v) is 6.57. The van der Waals surface area contributed by atoms with E-state index in [1.54, 1.807) is 7.11 Å². The van der Waals surface area contributed by atoms with Gasteiger partial charge in [-0.25, -0.2) is 0 Å². The number of aryl methyl sites for hydroxylation is 1. The molecule has 0 aliphatic heterocycles. The van der Waals surface area contributed by atoms with Gasteiger partial charge in [0.15, 0.2) is 0 Å². The van der Waals surface area contributed by atoms with E-state index in [9.17, 15) is 4.79 Å². The average Bonchev–Trinajstić information content (AvgIpc) is 2.37. The number of hydrogen-bond acceptors (Lipinski definition) is 3. The minimum Gasteiger partial charge on any atom is -0.496 e. The minimum absolute atomic E-state index is 0.117. The number of hydrogen-bond donors (Lipinski definition) is 2. The molecule has 1 aromatic rings. The molecule has 19 heavy (non-hydrogen) atoms. The van der Waals surface area contributed by atoms with E-state index in [-0.39, 0.29) is 17.9 Å². The van der Waals surface area contributed by atoms with Gasteiger partial charge in [-0.05, 0) is 25.8 Å². The number of carbonyl (C=O) groups is 1. The third-order valence-corrected chi connectivity index (χ3v) is 3.23. The van der Waals surface area contributed by atoms with E-state index in [1.807, 2.05) is 45.9 Å². The molecular weight excluding hydrogens is 240 g/mol. The molecule has 3 N–H and O–H groups in total. The van der Waals surface area contributed by atoms with Crippen molar-refractivity contribution in [3.63, 3.8) is 0 Å². The van der Waals surface area contributed by atoms with Crippen LogP contribution in [-0.4, -0.2) is 19.1 Å². The molecule has 0 fully saturated rings. The topological polar surface area (TPSA) is 64.3 Å². The monoisotopic (exact) mass is 264 g/mol. The van der Waals surface area contributed by atoms with Gasteiger partial charge < -0.3 is 15.8 Å². The van der Waals surface area contributed by atoms with Gasteiger partial charge in [-0.2, -0.15) is 0 Å². The summed E-state index contributed by atoms with van der Waals surface area (Å²) in [5.74, 6) is 0.759. The van der Waals surface area contributed by atoms with E-state index >= 15 is 0 Å². The van der Waals surface area contributed by atoms with Crippen LogP contribution in [-0.2, 0) is 4.79 Å². The van der Waals surface area contributed by atoms with Crippen LogP contribution >= 0.6 is 0 Å². The van der Waals surface area contributed by atoms with Crippen molar-refractivity contribution in [1.29, 1.82) is 0 Å². The first kappa shape index (κ1) is 15.5.